The highest BCUT2D eigenvalue weighted by Crippen LogP contribution is 2.38. The number of ether oxygens (including phenoxy) is 1. The van der Waals surface area contributed by atoms with Gasteiger partial charge in [-0.15, -0.1) is 11.3 Å². The molecule has 1 heterocycles. The van der Waals surface area contributed by atoms with Gasteiger partial charge in [0.1, 0.15) is 5.92 Å². The zero-order valence-electron chi connectivity index (χ0n) is 12.8. The lowest BCUT2D eigenvalue weighted by molar-refractivity contribution is -0.145. The van der Waals surface area contributed by atoms with Gasteiger partial charge in [-0.1, -0.05) is 6.42 Å². The molecule has 1 aromatic rings. The van der Waals surface area contributed by atoms with E-state index in [2.05, 4.69) is 16.6 Å². The molecule has 2 rings (SSSR count). The van der Waals surface area contributed by atoms with E-state index in [1.807, 2.05) is 18.7 Å². The number of rotatable bonds is 9. The maximum atomic E-state index is 11.9. The van der Waals surface area contributed by atoms with Crippen LogP contribution in [-0.4, -0.2) is 36.1 Å². The molecular weight excluding hydrogens is 304 g/mol. The fraction of sp³-hybridized carbons (Fsp3) is 0.733. The van der Waals surface area contributed by atoms with Gasteiger partial charge in [-0.25, -0.2) is 4.98 Å². The summed E-state index contributed by atoms with van der Waals surface area (Å²) in [6.07, 6.45) is 7.65. The van der Waals surface area contributed by atoms with Crippen molar-refractivity contribution in [3.63, 3.8) is 0 Å². The van der Waals surface area contributed by atoms with E-state index >= 15 is 0 Å². The Kier molecular flexibility index (Phi) is 6.83. The second-order valence-electron chi connectivity index (χ2n) is 5.15. The number of thiazole rings is 1. The molecule has 0 radical (unpaired) electrons. The van der Waals surface area contributed by atoms with Crippen LogP contribution in [0.4, 0.5) is 5.13 Å². The van der Waals surface area contributed by atoms with E-state index in [9.17, 15) is 4.79 Å². The predicted octanol–water partition coefficient (Wildman–Crippen LogP) is 3.68. The van der Waals surface area contributed by atoms with Crippen molar-refractivity contribution < 1.29 is 9.53 Å². The van der Waals surface area contributed by atoms with Crippen LogP contribution in [0.1, 0.15) is 49.1 Å². The van der Waals surface area contributed by atoms with Gasteiger partial charge in [0.25, 0.3) is 0 Å². The van der Waals surface area contributed by atoms with Gasteiger partial charge in [-0.3, -0.25) is 4.79 Å². The predicted molar refractivity (Wildman–Crippen MR) is 90.5 cm³/mol. The first-order chi connectivity index (χ1) is 10.3. The van der Waals surface area contributed by atoms with Crippen LogP contribution in [0.3, 0.4) is 0 Å². The summed E-state index contributed by atoms with van der Waals surface area (Å²) < 4.78 is 5.13. The Morgan fingerprint density at radius 1 is 1.48 bits per heavy atom. The van der Waals surface area contributed by atoms with Crippen molar-refractivity contribution in [1.82, 2.24) is 4.98 Å². The summed E-state index contributed by atoms with van der Waals surface area (Å²) in [4.78, 5) is 17.8. The number of hydrogen-bond acceptors (Lipinski definition) is 6. The molecule has 0 fully saturated rings. The van der Waals surface area contributed by atoms with Crippen LogP contribution in [0.15, 0.2) is 0 Å². The largest absolute Gasteiger partial charge is 0.465 e. The van der Waals surface area contributed by atoms with Gasteiger partial charge in [0.15, 0.2) is 5.13 Å². The van der Waals surface area contributed by atoms with Crippen LogP contribution in [0, 0.1) is 0 Å². The number of fused-ring (bicyclic) bond motifs is 1. The highest BCUT2D eigenvalue weighted by Gasteiger charge is 2.33. The smallest absolute Gasteiger partial charge is 0.315 e. The number of carbonyl (C=O) groups excluding carboxylic acids is 1. The van der Waals surface area contributed by atoms with Crippen molar-refractivity contribution in [2.24, 2.45) is 0 Å². The molecule has 0 saturated heterocycles. The molecule has 4 nitrogen and oxygen atoms in total. The van der Waals surface area contributed by atoms with Gasteiger partial charge in [0.05, 0.1) is 12.3 Å². The molecular formula is C15H24N2O2S2. The Balaban J connectivity index is 1.80. The Labute approximate surface area is 135 Å². The Morgan fingerprint density at radius 2 is 2.33 bits per heavy atom. The van der Waals surface area contributed by atoms with Gasteiger partial charge in [-0.05, 0) is 44.6 Å². The molecule has 0 aromatic carbocycles. The van der Waals surface area contributed by atoms with Crippen molar-refractivity contribution in [3.05, 3.63) is 10.6 Å². The quantitative estimate of drug-likeness (QED) is 0.553. The summed E-state index contributed by atoms with van der Waals surface area (Å²) >= 11 is 3.60. The number of anilines is 1. The van der Waals surface area contributed by atoms with Crippen LogP contribution in [0.2, 0.25) is 0 Å². The second kappa shape index (κ2) is 8.63. The molecule has 1 aliphatic carbocycles. The third kappa shape index (κ3) is 4.61. The van der Waals surface area contributed by atoms with E-state index < -0.39 is 0 Å². The van der Waals surface area contributed by atoms with Gasteiger partial charge in [0.2, 0.25) is 0 Å². The number of hydrogen-bond donors (Lipinski definition) is 1. The lowest BCUT2D eigenvalue weighted by Gasteiger charge is -2.08. The van der Waals surface area contributed by atoms with Crippen molar-refractivity contribution in [1.29, 1.82) is 0 Å². The van der Waals surface area contributed by atoms with Crippen molar-refractivity contribution in [3.8, 4) is 0 Å². The van der Waals surface area contributed by atoms with E-state index in [1.54, 1.807) is 11.3 Å². The molecule has 118 valence electrons. The molecule has 0 saturated carbocycles. The maximum absolute atomic E-state index is 11.9. The van der Waals surface area contributed by atoms with Crippen molar-refractivity contribution >= 4 is 34.2 Å². The van der Waals surface area contributed by atoms with Crippen LogP contribution in [0.5, 0.6) is 0 Å². The van der Waals surface area contributed by atoms with Crippen LogP contribution < -0.4 is 5.32 Å². The molecule has 21 heavy (non-hydrogen) atoms. The van der Waals surface area contributed by atoms with E-state index in [0.717, 1.165) is 30.2 Å². The summed E-state index contributed by atoms with van der Waals surface area (Å²) in [6.45, 7) is 3.25. The molecule has 1 atom stereocenters. The van der Waals surface area contributed by atoms with Gasteiger partial charge < -0.3 is 10.1 Å². The standard InChI is InChI=1S/C15H24N2O2S2/c1-3-19-14(18)11-7-8-12-13(11)17-15(21-12)16-9-5-4-6-10-20-2/h11H,3-10H2,1-2H3,(H,16,17). The van der Waals surface area contributed by atoms with Crippen LogP contribution in [0.25, 0.3) is 0 Å². The summed E-state index contributed by atoms with van der Waals surface area (Å²) in [6, 6.07) is 0. The van der Waals surface area contributed by atoms with Crippen LogP contribution in [-0.2, 0) is 16.0 Å². The fourth-order valence-corrected chi connectivity index (χ4v) is 4.08. The van der Waals surface area contributed by atoms with Crippen molar-refractivity contribution in [2.45, 2.75) is 44.9 Å². The number of esters is 1. The van der Waals surface area contributed by atoms with E-state index in [-0.39, 0.29) is 11.9 Å². The zero-order chi connectivity index (χ0) is 15.1. The average Bonchev–Trinajstić information content (AvgIpc) is 3.02. The number of carbonyl (C=O) groups is 1. The molecule has 1 aliphatic rings. The summed E-state index contributed by atoms with van der Waals surface area (Å²) in [7, 11) is 0. The first-order valence-corrected chi connectivity index (χ1v) is 9.86. The lowest BCUT2D eigenvalue weighted by atomic mass is 10.1. The molecule has 1 unspecified atom stereocenters. The number of aromatic nitrogens is 1. The molecule has 6 heteroatoms. The zero-order valence-corrected chi connectivity index (χ0v) is 14.4. The third-order valence-corrected chi connectivity index (χ3v) is 5.38. The Bertz CT molecular complexity index is 463. The fourth-order valence-electron chi connectivity index (χ4n) is 2.52. The van der Waals surface area contributed by atoms with Crippen molar-refractivity contribution in [2.75, 3.05) is 30.5 Å². The van der Waals surface area contributed by atoms with E-state index in [4.69, 9.17) is 4.74 Å². The highest BCUT2D eigenvalue weighted by atomic mass is 32.2. The van der Waals surface area contributed by atoms with Gasteiger partial charge >= 0.3 is 5.97 Å². The van der Waals surface area contributed by atoms with Crippen LogP contribution >= 0.6 is 23.1 Å². The first-order valence-electron chi connectivity index (χ1n) is 7.65. The number of unbranched alkanes of at least 4 members (excludes halogenated alkanes) is 2. The highest BCUT2D eigenvalue weighted by molar-refractivity contribution is 7.98. The molecule has 1 N–H and O–H groups in total. The molecule has 0 amide bonds. The SMILES string of the molecule is CCOC(=O)C1CCc2sc(NCCCCCSC)nc21. The number of aryl methyl sites for hydroxylation is 1. The Morgan fingerprint density at radius 3 is 3.10 bits per heavy atom. The molecule has 1 aromatic heterocycles. The first kappa shape index (κ1) is 16.6. The average molecular weight is 329 g/mol. The van der Waals surface area contributed by atoms with Gasteiger partial charge in [0, 0.05) is 11.4 Å². The Hall–Kier alpha value is -0.750. The minimum atomic E-state index is -0.145. The number of thioether (sulfide) groups is 1. The number of nitrogens with zero attached hydrogens (tertiary/aromatic N) is 1. The molecule has 0 bridgehead atoms. The number of nitrogens with one attached hydrogen (secondary N) is 1. The normalized spacial score (nSPS) is 16.8. The molecule has 0 spiro atoms. The second-order valence-corrected chi connectivity index (χ2v) is 7.22. The van der Waals surface area contributed by atoms with E-state index in [0.29, 0.717) is 6.61 Å². The maximum Gasteiger partial charge on any atom is 0.315 e. The summed E-state index contributed by atoms with van der Waals surface area (Å²) in [5.74, 6) is 0.978. The monoisotopic (exact) mass is 328 g/mol. The van der Waals surface area contributed by atoms with E-state index in [1.165, 1.54) is 29.9 Å². The summed E-state index contributed by atoms with van der Waals surface area (Å²) in [5.41, 5.74) is 0.948. The minimum Gasteiger partial charge on any atom is -0.465 e. The van der Waals surface area contributed by atoms with Gasteiger partial charge in [-0.2, -0.15) is 11.8 Å². The topological polar surface area (TPSA) is 51.2 Å². The molecule has 0 aliphatic heterocycles. The minimum absolute atomic E-state index is 0.120. The summed E-state index contributed by atoms with van der Waals surface area (Å²) in [5, 5.41) is 4.35. The third-order valence-electron chi connectivity index (χ3n) is 3.59. The lowest BCUT2D eigenvalue weighted by Crippen LogP contribution is -2.14.